The zero-order valence-electron chi connectivity index (χ0n) is 7.13. The Balaban J connectivity index is 1.79. The Morgan fingerprint density at radius 3 is 3.08 bits per heavy atom. The Kier molecular flexibility index (Phi) is 2.10. The Bertz CT molecular complexity index is 255. The molecular formula is C8H13N3O. The topological polar surface area (TPSA) is 49.9 Å². The van der Waals surface area contributed by atoms with Crippen LogP contribution in [0.5, 0.6) is 0 Å². The molecule has 4 nitrogen and oxygen atoms in total. The maximum Gasteiger partial charge on any atom is 0.103 e. The Morgan fingerprint density at radius 2 is 2.58 bits per heavy atom. The fraction of sp³-hybridized carbons (Fsp3) is 0.625. The van der Waals surface area contributed by atoms with Crippen molar-refractivity contribution in [3.05, 3.63) is 17.7 Å². The fourth-order valence-corrected chi connectivity index (χ4v) is 1.17. The average Bonchev–Trinajstić information content (AvgIpc) is 2.32. The molecule has 0 spiro atoms. The van der Waals surface area contributed by atoms with E-state index in [0.717, 1.165) is 31.3 Å². The van der Waals surface area contributed by atoms with Gasteiger partial charge in [0.25, 0.3) is 0 Å². The third kappa shape index (κ3) is 1.65. The Morgan fingerprint density at radius 1 is 1.75 bits per heavy atom. The van der Waals surface area contributed by atoms with Gasteiger partial charge in [0, 0.05) is 18.4 Å². The number of aryl methyl sites for hydroxylation is 1. The Labute approximate surface area is 71.3 Å². The fourth-order valence-electron chi connectivity index (χ4n) is 1.17. The molecule has 1 aliphatic heterocycles. The molecule has 1 saturated heterocycles. The number of rotatable bonds is 3. The van der Waals surface area contributed by atoms with E-state index in [0.29, 0.717) is 6.04 Å². The first-order chi connectivity index (χ1) is 5.84. The van der Waals surface area contributed by atoms with Crippen molar-refractivity contribution in [1.29, 1.82) is 0 Å². The third-order valence-corrected chi connectivity index (χ3v) is 1.97. The van der Waals surface area contributed by atoms with Crippen LogP contribution in [0.25, 0.3) is 0 Å². The summed E-state index contributed by atoms with van der Waals surface area (Å²) in [4.78, 5) is 7.28. The molecule has 0 atom stereocenters. The normalized spacial score (nSPS) is 17.8. The summed E-state index contributed by atoms with van der Waals surface area (Å²) in [6.45, 7) is 4.49. The third-order valence-electron chi connectivity index (χ3n) is 1.97. The lowest BCUT2D eigenvalue weighted by Crippen LogP contribution is -2.45. The standard InChI is InChI=1S/C8H13N3O/c1-6-9-2-7(11-6)3-10-8-4-12-5-8/h2,8,10H,3-5H2,1H3,(H,9,11). The van der Waals surface area contributed by atoms with Gasteiger partial charge in [0.05, 0.1) is 19.3 Å². The van der Waals surface area contributed by atoms with Crippen LogP contribution < -0.4 is 5.32 Å². The molecular weight excluding hydrogens is 154 g/mol. The van der Waals surface area contributed by atoms with E-state index in [1.807, 2.05) is 13.1 Å². The highest BCUT2D eigenvalue weighted by molar-refractivity contribution is 4.99. The monoisotopic (exact) mass is 167 g/mol. The molecule has 0 amide bonds. The van der Waals surface area contributed by atoms with Gasteiger partial charge in [0.15, 0.2) is 0 Å². The first-order valence-electron chi connectivity index (χ1n) is 4.16. The van der Waals surface area contributed by atoms with Gasteiger partial charge in [-0.15, -0.1) is 0 Å². The average molecular weight is 167 g/mol. The largest absolute Gasteiger partial charge is 0.378 e. The van der Waals surface area contributed by atoms with Gasteiger partial charge in [-0.05, 0) is 6.92 Å². The highest BCUT2D eigenvalue weighted by Crippen LogP contribution is 2.01. The molecule has 2 heterocycles. The summed E-state index contributed by atoms with van der Waals surface area (Å²) < 4.78 is 5.04. The lowest BCUT2D eigenvalue weighted by Gasteiger charge is -2.26. The summed E-state index contributed by atoms with van der Waals surface area (Å²) >= 11 is 0. The lowest BCUT2D eigenvalue weighted by atomic mass is 10.2. The number of H-pyrrole nitrogens is 1. The zero-order chi connectivity index (χ0) is 8.39. The summed E-state index contributed by atoms with van der Waals surface area (Å²) in [5.41, 5.74) is 1.14. The number of ether oxygens (including phenoxy) is 1. The van der Waals surface area contributed by atoms with E-state index in [4.69, 9.17) is 4.74 Å². The van der Waals surface area contributed by atoms with Gasteiger partial charge in [-0.3, -0.25) is 0 Å². The second-order valence-electron chi connectivity index (χ2n) is 3.11. The van der Waals surface area contributed by atoms with E-state index in [1.165, 1.54) is 0 Å². The van der Waals surface area contributed by atoms with Crippen LogP contribution in [0.4, 0.5) is 0 Å². The summed E-state index contributed by atoms with van der Waals surface area (Å²) in [6, 6.07) is 0.536. The number of nitrogens with one attached hydrogen (secondary N) is 2. The smallest absolute Gasteiger partial charge is 0.103 e. The van der Waals surface area contributed by atoms with Gasteiger partial charge in [-0.25, -0.2) is 4.98 Å². The van der Waals surface area contributed by atoms with Crippen LogP contribution in [0.3, 0.4) is 0 Å². The molecule has 0 unspecified atom stereocenters. The number of hydrogen-bond donors (Lipinski definition) is 2. The van der Waals surface area contributed by atoms with Crippen molar-refractivity contribution < 1.29 is 4.74 Å². The first kappa shape index (κ1) is 7.76. The molecule has 12 heavy (non-hydrogen) atoms. The molecule has 1 fully saturated rings. The minimum atomic E-state index is 0.536. The van der Waals surface area contributed by atoms with E-state index >= 15 is 0 Å². The van der Waals surface area contributed by atoms with Crippen molar-refractivity contribution in [1.82, 2.24) is 15.3 Å². The molecule has 1 aromatic rings. The summed E-state index contributed by atoms with van der Waals surface area (Å²) in [5.74, 6) is 0.969. The zero-order valence-corrected chi connectivity index (χ0v) is 7.13. The molecule has 0 bridgehead atoms. The van der Waals surface area contributed by atoms with Crippen molar-refractivity contribution in [3.8, 4) is 0 Å². The van der Waals surface area contributed by atoms with E-state index < -0.39 is 0 Å². The quantitative estimate of drug-likeness (QED) is 0.676. The van der Waals surface area contributed by atoms with Crippen LogP contribution >= 0.6 is 0 Å². The number of nitrogens with zero attached hydrogens (tertiary/aromatic N) is 1. The van der Waals surface area contributed by atoms with Crippen molar-refractivity contribution in [2.75, 3.05) is 13.2 Å². The highest BCUT2D eigenvalue weighted by atomic mass is 16.5. The molecule has 1 aromatic heterocycles. The van der Waals surface area contributed by atoms with Crippen LogP contribution in [0, 0.1) is 6.92 Å². The maximum absolute atomic E-state index is 5.04. The predicted octanol–water partition coefficient (Wildman–Crippen LogP) is 0.207. The molecule has 0 radical (unpaired) electrons. The first-order valence-corrected chi connectivity index (χ1v) is 4.16. The number of aromatic amines is 1. The molecule has 2 N–H and O–H groups in total. The minimum Gasteiger partial charge on any atom is -0.378 e. The van der Waals surface area contributed by atoms with Crippen molar-refractivity contribution in [3.63, 3.8) is 0 Å². The van der Waals surface area contributed by atoms with Crippen LogP contribution in [0.1, 0.15) is 11.5 Å². The van der Waals surface area contributed by atoms with Gasteiger partial charge < -0.3 is 15.0 Å². The molecule has 0 aliphatic carbocycles. The highest BCUT2D eigenvalue weighted by Gasteiger charge is 2.16. The molecule has 0 saturated carbocycles. The second kappa shape index (κ2) is 3.25. The van der Waals surface area contributed by atoms with Gasteiger partial charge in [-0.1, -0.05) is 0 Å². The van der Waals surface area contributed by atoms with Crippen LogP contribution in [0.15, 0.2) is 6.20 Å². The minimum absolute atomic E-state index is 0.536. The Hall–Kier alpha value is -0.870. The summed E-state index contributed by atoms with van der Waals surface area (Å²) in [7, 11) is 0. The van der Waals surface area contributed by atoms with Gasteiger partial charge in [-0.2, -0.15) is 0 Å². The lowest BCUT2D eigenvalue weighted by molar-refractivity contribution is -0.00589. The van der Waals surface area contributed by atoms with E-state index in [-0.39, 0.29) is 0 Å². The van der Waals surface area contributed by atoms with E-state index in [9.17, 15) is 0 Å². The van der Waals surface area contributed by atoms with Gasteiger partial charge >= 0.3 is 0 Å². The number of aromatic nitrogens is 2. The van der Waals surface area contributed by atoms with Crippen LogP contribution in [0.2, 0.25) is 0 Å². The molecule has 4 heteroatoms. The van der Waals surface area contributed by atoms with Crippen molar-refractivity contribution >= 4 is 0 Å². The van der Waals surface area contributed by atoms with Gasteiger partial charge in [0.2, 0.25) is 0 Å². The molecule has 0 aromatic carbocycles. The van der Waals surface area contributed by atoms with Crippen molar-refractivity contribution in [2.45, 2.75) is 19.5 Å². The van der Waals surface area contributed by atoms with E-state index in [2.05, 4.69) is 15.3 Å². The van der Waals surface area contributed by atoms with Crippen LogP contribution in [-0.2, 0) is 11.3 Å². The van der Waals surface area contributed by atoms with Crippen LogP contribution in [-0.4, -0.2) is 29.2 Å². The molecule has 66 valence electrons. The van der Waals surface area contributed by atoms with E-state index in [1.54, 1.807) is 0 Å². The SMILES string of the molecule is Cc1ncc(CNC2COC2)[nH]1. The summed E-state index contributed by atoms with van der Waals surface area (Å²) in [5, 5.41) is 3.35. The van der Waals surface area contributed by atoms with Gasteiger partial charge in [0.1, 0.15) is 5.82 Å². The molecule has 2 rings (SSSR count). The second-order valence-corrected chi connectivity index (χ2v) is 3.11. The number of imidazole rings is 1. The summed E-state index contributed by atoms with van der Waals surface area (Å²) in [6.07, 6.45) is 1.86. The maximum atomic E-state index is 5.04. The predicted molar refractivity (Wildman–Crippen MR) is 44.8 cm³/mol. The molecule has 1 aliphatic rings. The number of hydrogen-bond acceptors (Lipinski definition) is 3. The van der Waals surface area contributed by atoms with Crippen molar-refractivity contribution in [2.24, 2.45) is 0 Å².